The number of anilines is 2. The SMILES string of the molecule is Cc1cc(NC[C@H](O)c2cccnc2)nc(N2CCCC2)n1. The van der Waals surface area contributed by atoms with E-state index in [2.05, 4.69) is 25.2 Å². The smallest absolute Gasteiger partial charge is 0.227 e. The third-order valence-electron chi connectivity index (χ3n) is 3.78. The fourth-order valence-electron chi connectivity index (χ4n) is 2.59. The number of pyridine rings is 1. The standard InChI is InChI=1S/C16H21N5O/c1-12-9-15(20-16(19-12)21-7-2-3-8-21)18-11-14(22)13-5-4-6-17-10-13/h4-6,9-10,14,22H,2-3,7-8,11H2,1H3,(H,18,19,20)/t14-/m0/s1. The van der Waals surface area contributed by atoms with Crippen LogP contribution in [0.25, 0.3) is 0 Å². The molecule has 2 aromatic rings. The van der Waals surface area contributed by atoms with Crippen LogP contribution in [0.1, 0.15) is 30.2 Å². The van der Waals surface area contributed by atoms with E-state index in [0.29, 0.717) is 6.54 Å². The van der Waals surface area contributed by atoms with E-state index >= 15 is 0 Å². The molecular weight excluding hydrogens is 278 g/mol. The largest absolute Gasteiger partial charge is 0.387 e. The Balaban J connectivity index is 1.67. The summed E-state index contributed by atoms with van der Waals surface area (Å²) in [7, 11) is 0. The maximum Gasteiger partial charge on any atom is 0.227 e. The van der Waals surface area contributed by atoms with Gasteiger partial charge in [-0.15, -0.1) is 0 Å². The van der Waals surface area contributed by atoms with E-state index in [-0.39, 0.29) is 0 Å². The molecule has 0 unspecified atom stereocenters. The predicted molar refractivity (Wildman–Crippen MR) is 85.9 cm³/mol. The lowest BCUT2D eigenvalue weighted by molar-refractivity contribution is 0.191. The first-order chi connectivity index (χ1) is 10.7. The Morgan fingerprint density at radius 3 is 2.86 bits per heavy atom. The molecule has 1 saturated heterocycles. The summed E-state index contributed by atoms with van der Waals surface area (Å²) in [6.45, 7) is 4.38. The highest BCUT2D eigenvalue weighted by Gasteiger charge is 2.16. The van der Waals surface area contributed by atoms with E-state index in [1.165, 1.54) is 12.8 Å². The minimum Gasteiger partial charge on any atom is -0.387 e. The molecule has 0 radical (unpaired) electrons. The number of aliphatic hydroxyl groups is 1. The van der Waals surface area contributed by atoms with Crippen molar-refractivity contribution in [3.8, 4) is 0 Å². The van der Waals surface area contributed by atoms with Gasteiger partial charge in [0.25, 0.3) is 0 Å². The highest BCUT2D eigenvalue weighted by molar-refractivity contribution is 5.44. The van der Waals surface area contributed by atoms with Crippen molar-refractivity contribution in [1.82, 2.24) is 15.0 Å². The van der Waals surface area contributed by atoms with Gasteiger partial charge in [0.1, 0.15) is 5.82 Å². The average molecular weight is 299 g/mol. The molecule has 3 heterocycles. The summed E-state index contributed by atoms with van der Waals surface area (Å²) in [5.74, 6) is 1.52. The summed E-state index contributed by atoms with van der Waals surface area (Å²) in [4.78, 5) is 15.3. The number of nitrogens with zero attached hydrogens (tertiary/aromatic N) is 4. The molecule has 0 aromatic carbocycles. The second-order valence-electron chi connectivity index (χ2n) is 5.57. The maximum absolute atomic E-state index is 10.2. The van der Waals surface area contributed by atoms with Gasteiger partial charge in [-0.1, -0.05) is 6.07 Å². The van der Waals surface area contributed by atoms with E-state index in [4.69, 9.17) is 0 Å². The van der Waals surface area contributed by atoms with Gasteiger partial charge in [-0.05, 0) is 25.8 Å². The zero-order chi connectivity index (χ0) is 15.4. The van der Waals surface area contributed by atoms with Gasteiger partial charge in [0.15, 0.2) is 0 Å². The van der Waals surface area contributed by atoms with Gasteiger partial charge < -0.3 is 15.3 Å². The van der Waals surface area contributed by atoms with Crippen molar-refractivity contribution in [2.24, 2.45) is 0 Å². The first kappa shape index (κ1) is 14.7. The molecule has 1 atom stereocenters. The van der Waals surface area contributed by atoms with E-state index in [0.717, 1.165) is 36.1 Å². The number of aromatic nitrogens is 3. The monoisotopic (exact) mass is 299 g/mol. The van der Waals surface area contributed by atoms with Gasteiger partial charge in [-0.2, -0.15) is 4.98 Å². The van der Waals surface area contributed by atoms with E-state index in [1.807, 2.05) is 25.1 Å². The Bertz CT molecular complexity index is 613. The van der Waals surface area contributed by atoms with Gasteiger partial charge in [0, 0.05) is 49.4 Å². The third-order valence-corrected chi connectivity index (χ3v) is 3.78. The molecule has 1 aliphatic heterocycles. The normalized spacial score (nSPS) is 15.8. The van der Waals surface area contributed by atoms with E-state index < -0.39 is 6.10 Å². The molecule has 3 rings (SSSR count). The Morgan fingerprint density at radius 1 is 1.32 bits per heavy atom. The first-order valence-corrected chi connectivity index (χ1v) is 7.65. The second-order valence-corrected chi connectivity index (χ2v) is 5.57. The van der Waals surface area contributed by atoms with Crippen molar-refractivity contribution in [3.63, 3.8) is 0 Å². The summed E-state index contributed by atoms with van der Waals surface area (Å²) in [5, 5.41) is 13.4. The minimum atomic E-state index is -0.612. The van der Waals surface area contributed by atoms with Crippen molar-refractivity contribution in [2.45, 2.75) is 25.9 Å². The van der Waals surface area contributed by atoms with Crippen molar-refractivity contribution in [3.05, 3.63) is 41.9 Å². The second kappa shape index (κ2) is 6.70. The van der Waals surface area contributed by atoms with Crippen molar-refractivity contribution >= 4 is 11.8 Å². The highest BCUT2D eigenvalue weighted by atomic mass is 16.3. The predicted octanol–water partition coefficient (Wildman–Crippen LogP) is 1.93. The van der Waals surface area contributed by atoms with Gasteiger partial charge in [0.2, 0.25) is 5.95 Å². The number of rotatable bonds is 5. The topological polar surface area (TPSA) is 74.2 Å². The van der Waals surface area contributed by atoms with E-state index in [9.17, 15) is 5.11 Å². The Labute approximate surface area is 130 Å². The van der Waals surface area contributed by atoms with Crippen LogP contribution in [-0.2, 0) is 0 Å². The van der Waals surface area contributed by atoms with Crippen molar-refractivity contribution in [1.29, 1.82) is 0 Å². The van der Waals surface area contributed by atoms with Crippen molar-refractivity contribution < 1.29 is 5.11 Å². The van der Waals surface area contributed by atoms with Crippen LogP contribution < -0.4 is 10.2 Å². The maximum atomic E-state index is 10.2. The highest BCUT2D eigenvalue weighted by Crippen LogP contribution is 2.19. The molecule has 0 saturated carbocycles. The Kier molecular flexibility index (Phi) is 4.48. The molecule has 6 heteroatoms. The molecule has 2 aromatic heterocycles. The van der Waals surface area contributed by atoms with E-state index in [1.54, 1.807) is 12.4 Å². The zero-order valence-corrected chi connectivity index (χ0v) is 12.7. The summed E-state index contributed by atoms with van der Waals surface area (Å²) in [6, 6.07) is 5.58. The fraction of sp³-hybridized carbons (Fsp3) is 0.438. The quantitative estimate of drug-likeness (QED) is 0.879. The fourth-order valence-corrected chi connectivity index (χ4v) is 2.59. The van der Waals surface area contributed by atoms with Crippen LogP contribution in [0.15, 0.2) is 30.6 Å². The minimum absolute atomic E-state index is 0.390. The summed E-state index contributed by atoms with van der Waals surface area (Å²) >= 11 is 0. The van der Waals surface area contributed by atoms with Gasteiger partial charge >= 0.3 is 0 Å². The molecule has 6 nitrogen and oxygen atoms in total. The lowest BCUT2D eigenvalue weighted by Crippen LogP contribution is -2.22. The number of hydrogen-bond donors (Lipinski definition) is 2. The molecule has 1 aliphatic rings. The number of hydrogen-bond acceptors (Lipinski definition) is 6. The zero-order valence-electron chi connectivity index (χ0n) is 12.7. The number of nitrogens with one attached hydrogen (secondary N) is 1. The van der Waals surface area contributed by atoms with Crippen LogP contribution in [-0.4, -0.2) is 39.7 Å². The molecule has 22 heavy (non-hydrogen) atoms. The van der Waals surface area contributed by atoms with Gasteiger partial charge in [-0.25, -0.2) is 4.98 Å². The average Bonchev–Trinajstić information content (AvgIpc) is 3.07. The Morgan fingerprint density at radius 2 is 2.14 bits per heavy atom. The van der Waals surface area contributed by atoms with Crippen LogP contribution in [0.2, 0.25) is 0 Å². The van der Waals surface area contributed by atoms with Gasteiger partial charge in [-0.3, -0.25) is 4.98 Å². The molecule has 0 amide bonds. The molecular formula is C16H21N5O. The first-order valence-electron chi connectivity index (χ1n) is 7.65. The lowest BCUT2D eigenvalue weighted by Gasteiger charge is -2.18. The van der Waals surface area contributed by atoms with Crippen LogP contribution in [0.4, 0.5) is 11.8 Å². The molecule has 2 N–H and O–H groups in total. The Hall–Kier alpha value is -2.21. The van der Waals surface area contributed by atoms with Crippen LogP contribution in [0.3, 0.4) is 0 Å². The molecule has 116 valence electrons. The number of aliphatic hydroxyl groups excluding tert-OH is 1. The molecule has 1 fully saturated rings. The number of aryl methyl sites for hydroxylation is 1. The van der Waals surface area contributed by atoms with Crippen LogP contribution >= 0.6 is 0 Å². The van der Waals surface area contributed by atoms with Crippen LogP contribution in [0.5, 0.6) is 0 Å². The lowest BCUT2D eigenvalue weighted by atomic mass is 10.1. The summed E-state index contributed by atoms with van der Waals surface area (Å²) in [6.07, 6.45) is 5.14. The van der Waals surface area contributed by atoms with Crippen molar-refractivity contribution in [2.75, 3.05) is 29.9 Å². The summed E-state index contributed by atoms with van der Waals surface area (Å²) < 4.78 is 0. The molecule has 0 aliphatic carbocycles. The van der Waals surface area contributed by atoms with Gasteiger partial charge in [0.05, 0.1) is 6.10 Å². The van der Waals surface area contributed by atoms with Crippen LogP contribution in [0, 0.1) is 6.92 Å². The summed E-state index contributed by atoms with van der Waals surface area (Å²) in [5.41, 5.74) is 1.72. The third kappa shape index (κ3) is 3.51. The molecule has 0 bridgehead atoms. The molecule has 0 spiro atoms.